The number of amides is 2. The van der Waals surface area contributed by atoms with E-state index in [-0.39, 0.29) is 37.6 Å². The molecule has 30 heavy (non-hydrogen) atoms. The molecule has 1 atom stereocenters. The van der Waals surface area contributed by atoms with Crippen LogP contribution in [0.3, 0.4) is 0 Å². The van der Waals surface area contributed by atoms with Crippen LogP contribution in [0.4, 0.5) is 23.9 Å². The maximum atomic E-state index is 12.6. The predicted octanol–water partition coefficient (Wildman–Crippen LogP) is 1.34. The van der Waals surface area contributed by atoms with Gasteiger partial charge in [0.1, 0.15) is 6.61 Å². The van der Waals surface area contributed by atoms with Gasteiger partial charge in [0.25, 0.3) is 0 Å². The van der Waals surface area contributed by atoms with Crippen LogP contribution in [0.15, 0.2) is 17.5 Å². The molecule has 0 aromatic carbocycles. The highest BCUT2D eigenvalue weighted by molar-refractivity contribution is 5.93. The Kier molecular flexibility index (Phi) is 6.57. The first-order valence-electron chi connectivity index (χ1n) is 9.34. The van der Waals surface area contributed by atoms with Gasteiger partial charge in [-0.25, -0.2) is 14.8 Å². The van der Waals surface area contributed by atoms with E-state index in [2.05, 4.69) is 20.4 Å². The molecule has 1 saturated carbocycles. The van der Waals surface area contributed by atoms with Crippen molar-refractivity contribution in [3.63, 3.8) is 0 Å². The number of piperazine rings is 1. The Hall–Kier alpha value is -3.12. The maximum Gasteiger partial charge on any atom is 0.419 e. The molecule has 164 valence electrons. The van der Waals surface area contributed by atoms with E-state index in [9.17, 15) is 22.8 Å². The van der Waals surface area contributed by atoms with Crippen molar-refractivity contribution in [1.29, 1.82) is 0 Å². The Morgan fingerprint density at radius 1 is 1.33 bits per heavy atom. The number of carboxylic acid groups (broad SMARTS) is 1. The molecular weight excluding hydrogens is 409 g/mol. The van der Waals surface area contributed by atoms with Crippen LogP contribution in [0.1, 0.15) is 24.8 Å². The molecule has 1 aliphatic heterocycles. The number of carbonyl (C=O) groups excluding carboxylic acids is 1. The Morgan fingerprint density at radius 2 is 2.07 bits per heavy atom. The quantitative estimate of drug-likeness (QED) is 0.516. The van der Waals surface area contributed by atoms with E-state index >= 15 is 0 Å². The summed E-state index contributed by atoms with van der Waals surface area (Å²) >= 11 is 0. The number of aromatic nitrogens is 2. The van der Waals surface area contributed by atoms with Gasteiger partial charge >= 0.3 is 12.3 Å². The number of halogens is 3. The van der Waals surface area contributed by atoms with E-state index in [0.717, 1.165) is 6.42 Å². The lowest BCUT2D eigenvalue weighted by Crippen LogP contribution is -2.51. The third kappa shape index (κ3) is 5.48. The number of nitrogens with zero attached hydrogens (tertiary/aromatic N) is 5. The molecule has 0 bridgehead atoms. The number of carbonyl (C=O) groups is 2. The standard InChI is InChI=1S/C17H21F3N6O4/c18-17(19,20)11-8-21-15(22-9-11)26-5-4-25(14(27)10-26)6-7-30-24-13-3-1-2-12(13)23-16(28)29/h8-9,12,23H,1-7,10H2,(H,28,29). The van der Waals surface area contributed by atoms with E-state index in [1.165, 1.54) is 4.90 Å². The van der Waals surface area contributed by atoms with E-state index in [0.29, 0.717) is 44.0 Å². The number of alkyl halides is 3. The van der Waals surface area contributed by atoms with Gasteiger partial charge in [0.15, 0.2) is 0 Å². The number of nitrogens with one attached hydrogen (secondary N) is 1. The van der Waals surface area contributed by atoms with Gasteiger partial charge in [0.2, 0.25) is 11.9 Å². The molecule has 2 fully saturated rings. The first kappa shape index (κ1) is 21.6. The predicted molar refractivity (Wildman–Crippen MR) is 98.0 cm³/mol. The van der Waals surface area contributed by atoms with Crippen LogP contribution in [0.5, 0.6) is 0 Å². The third-order valence-electron chi connectivity index (χ3n) is 4.83. The number of anilines is 1. The van der Waals surface area contributed by atoms with Crippen LogP contribution in [-0.4, -0.2) is 76.5 Å². The average molecular weight is 430 g/mol. The molecule has 2 heterocycles. The van der Waals surface area contributed by atoms with Crippen molar-refractivity contribution in [2.24, 2.45) is 5.16 Å². The fourth-order valence-electron chi connectivity index (χ4n) is 3.27. The largest absolute Gasteiger partial charge is 0.465 e. The monoisotopic (exact) mass is 430 g/mol. The van der Waals surface area contributed by atoms with Crippen molar-refractivity contribution in [1.82, 2.24) is 20.2 Å². The lowest BCUT2D eigenvalue weighted by Gasteiger charge is -2.34. The number of oxime groups is 1. The summed E-state index contributed by atoms with van der Waals surface area (Å²) in [6.45, 7) is 1.09. The van der Waals surface area contributed by atoms with Crippen molar-refractivity contribution >= 4 is 23.7 Å². The van der Waals surface area contributed by atoms with E-state index in [4.69, 9.17) is 9.94 Å². The number of hydrogen-bond acceptors (Lipinski definition) is 7. The van der Waals surface area contributed by atoms with Crippen LogP contribution in [0.2, 0.25) is 0 Å². The van der Waals surface area contributed by atoms with Crippen molar-refractivity contribution in [2.75, 3.05) is 37.7 Å². The van der Waals surface area contributed by atoms with Crippen molar-refractivity contribution in [2.45, 2.75) is 31.5 Å². The van der Waals surface area contributed by atoms with Crippen LogP contribution in [0, 0.1) is 0 Å². The first-order valence-corrected chi connectivity index (χ1v) is 9.34. The molecule has 0 spiro atoms. The number of rotatable bonds is 6. The van der Waals surface area contributed by atoms with Gasteiger partial charge in [-0.2, -0.15) is 13.2 Å². The van der Waals surface area contributed by atoms with E-state index < -0.39 is 17.8 Å². The lowest BCUT2D eigenvalue weighted by molar-refractivity contribution is -0.138. The first-order chi connectivity index (χ1) is 14.2. The van der Waals surface area contributed by atoms with Crippen LogP contribution >= 0.6 is 0 Å². The third-order valence-corrected chi connectivity index (χ3v) is 4.83. The SMILES string of the molecule is O=C(O)NC1CCCC1=NOCCN1CCN(c2ncc(C(F)(F)F)cn2)CC1=O. The highest BCUT2D eigenvalue weighted by Gasteiger charge is 2.32. The molecule has 10 nitrogen and oxygen atoms in total. The molecule has 1 aliphatic carbocycles. The minimum Gasteiger partial charge on any atom is -0.465 e. The van der Waals surface area contributed by atoms with Crippen molar-refractivity contribution < 1.29 is 32.7 Å². The Morgan fingerprint density at radius 3 is 2.70 bits per heavy atom. The van der Waals surface area contributed by atoms with Gasteiger partial charge in [-0.3, -0.25) is 4.79 Å². The fourth-order valence-corrected chi connectivity index (χ4v) is 3.27. The minimum atomic E-state index is -4.52. The highest BCUT2D eigenvalue weighted by atomic mass is 19.4. The smallest absolute Gasteiger partial charge is 0.419 e. The zero-order chi connectivity index (χ0) is 21.7. The average Bonchev–Trinajstić information content (AvgIpc) is 3.12. The summed E-state index contributed by atoms with van der Waals surface area (Å²) in [5.41, 5.74) is -0.314. The molecule has 1 saturated heterocycles. The zero-order valence-corrected chi connectivity index (χ0v) is 15.9. The highest BCUT2D eigenvalue weighted by Crippen LogP contribution is 2.28. The molecule has 2 N–H and O–H groups in total. The van der Waals surface area contributed by atoms with Crippen molar-refractivity contribution in [3.05, 3.63) is 18.0 Å². The van der Waals surface area contributed by atoms with Gasteiger partial charge < -0.3 is 25.1 Å². The lowest BCUT2D eigenvalue weighted by atomic mass is 10.2. The van der Waals surface area contributed by atoms with Crippen LogP contribution in [-0.2, 0) is 15.8 Å². The topological polar surface area (TPSA) is 120 Å². The normalized spacial score (nSPS) is 21.2. The molecule has 13 heteroatoms. The second kappa shape index (κ2) is 9.13. The molecule has 2 amide bonds. The Bertz CT molecular complexity index is 802. The van der Waals surface area contributed by atoms with Crippen LogP contribution in [0.25, 0.3) is 0 Å². The zero-order valence-electron chi connectivity index (χ0n) is 15.9. The summed E-state index contributed by atoms with van der Waals surface area (Å²) in [5, 5.41) is 15.2. The van der Waals surface area contributed by atoms with Gasteiger partial charge in [-0.15, -0.1) is 0 Å². The Balaban J connectivity index is 1.45. The summed E-state index contributed by atoms with van der Waals surface area (Å²) in [4.78, 5) is 38.8. The molecule has 2 aliphatic rings. The number of hydrogen-bond donors (Lipinski definition) is 2. The molecule has 3 rings (SSSR count). The molecular formula is C17H21F3N6O4. The summed E-state index contributed by atoms with van der Waals surface area (Å²) < 4.78 is 37.8. The summed E-state index contributed by atoms with van der Waals surface area (Å²) in [6.07, 6.45) is -2.10. The maximum absolute atomic E-state index is 12.6. The summed E-state index contributed by atoms with van der Waals surface area (Å²) in [7, 11) is 0. The fraction of sp³-hybridized carbons (Fsp3) is 0.588. The van der Waals surface area contributed by atoms with Crippen LogP contribution < -0.4 is 10.2 Å². The van der Waals surface area contributed by atoms with Crippen molar-refractivity contribution in [3.8, 4) is 0 Å². The van der Waals surface area contributed by atoms with Gasteiger partial charge in [-0.05, 0) is 19.3 Å². The minimum absolute atomic E-state index is 0.0511. The molecule has 1 aromatic heterocycles. The van der Waals surface area contributed by atoms with Gasteiger partial charge in [-0.1, -0.05) is 5.16 Å². The Labute approximate surface area is 169 Å². The second-order valence-electron chi connectivity index (χ2n) is 6.88. The van der Waals surface area contributed by atoms with Gasteiger partial charge in [0, 0.05) is 25.5 Å². The summed E-state index contributed by atoms with van der Waals surface area (Å²) in [5.74, 6) is -0.163. The van der Waals surface area contributed by atoms with E-state index in [1.54, 1.807) is 4.90 Å². The second-order valence-corrected chi connectivity index (χ2v) is 6.88. The van der Waals surface area contributed by atoms with E-state index in [1.807, 2.05) is 0 Å². The van der Waals surface area contributed by atoms with Gasteiger partial charge in [0.05, 0.1) is 30.4 Å². The molecule has 1 aromatic rings. The molecule has 1 unspecified atom stereocenters. The summed E-state index contributed by atoms with van der Waals surface area (Å²) in [6, 6.07) is -0.351. The molecule has 0 radical (unpaired) electrons.